The first-order valence-electron chi connectivity index (χ1n) is 6.78. The lowest BCUT2D eigenvalue weighted by Gasteiger charge is -2.23. The molecule has 2 atom stereocenters. The zero-order chi connectivity index (χ0) is 14.5. The Balaban J connectivity index is 2.27. The Kier molecular flexibility index (Phi) is 5.04. The average Bonchev–Trinajstić information content (AvgIpc) is 2.98. The summed E-state index contributed by atoms with van der Waals surface area (Å²) in [6.45, 7) is 4.07. The van der Waals surface area contributed by atoms with E-state index in [0.29, 0.717) is 0 Å². The van der Waals surface area contributed by atoms with Gasteiger partial charge in [-0.2, -0.15) is 0 Å². The first-order valence-corrected chi connectivity index (χ1v) is 7.66. The SMILES string of the molecule is CCc1ccc(OC(c2cccs2)C(C)N)c(OC)c1. The highest BCUT2D eigenvalue weighted by atomic mass is 32.1. The van der Waals surface area contributed by atoms with Gasteiger partial charge in [0.2, 0.25) is 0 Å². The van der Waals surface area contributed by atoms with Gasteiger partial charge in [-0.1, -0.05) is 19.1 Å². The van der Waals surface area contributed by atoms with Crippen LogP contribution >= 0.6 is 11.3 Å². The van der Waals surface area contributed by atoms with Crippen molar-refractivity contribution < 1.29 is 9.47 Å². The molecule has 2 aromatic rings. The fraction of sp³-hybridized carbons (Fsp3) is 0.375. The summed E-state index contributed by atoms with van der Waals surface area (Å²) in [6, 6.07) is 10.00. The molecule has 3 nitrogen and oxygen atoms in total. The van der Waals surface area contributed by atoms with Gasteiger partial charge in [0, 0.05) is 10.9 Å². The monoisotopic (exact) mass is 291 g/mol. The van der Waals surface area contributed by atoms with E-state index >= 15 is 0 Å². The van der Waals surface area contributed by atoms with E-state index in [9.17, 15) is 0 Å². The molecule has 0 fully saturated rings. The Bertz CT molecular complexity index is 537. The Hall–Kier alpha value is -1.52. The summed E-state index contributed by atoms with van der Waals surface area (Å²) >= 11 is 1.65. The van der Waals surface area contributed by atoms with Gasteiger partial charge in [-0.3, -0.25) is 0 Å². The highest BCUT2D eigenvalue weighted by molar-refractivity contribution is 7.10. The molecule has 0 bridgehead atoms. The molecule has 0 saturated heterocycles. The molecule has 0 aliphatic carbocycles. The maximum absolute atomic E-state index is 6.10. The van der Waals surface area contributed by atoms with Crippen LogP contribution in [0, 0.1) is 0 Å². The van der Waals surface area contributed by atoms with Gasteiger partial charge in [-0.15, -0.1) is 11.3 Å². The molecule has 0 aliphatic rings. The largest absolute Gasteiger partial charge is 0.493 e. The summed E-state index contributed by atoms with van der Waals surface area (Å²) < 4.78 is 11.5. The number of nitrogens with two attached hydrogens (primary N) is 1. The number of methoxy groups -OCH3 is 1. The van der Waals surface area contributed by atoms with Gasteiger partial charge in [0.25, 0.3) is 0 Å². The Morgan fingerprint density at radius 2 is 2.05 bits per heavy atom. The quantitative estimate of drug-likeness (QED) is 0.880. The van der Waals surface area contributed by atoms with Gasteiger partial charge >= 0.3 is 0 Å². The Labute approximate surface area is 124 Å². The van der Waals surface area contributed by atoms with E-state index < -0.39 is 0 Å². The molecule has 4 heteroatoms. The van der Waals surface area contributed by atoms with E-state index in [1.54, 1.807) is 18.4 Å². The van der Waals surface area contributed by atoms with Crippen LogP contribution in [0.4, 0.5) is 0 Å². The highest BCUT2D eigenvalue weighted by Gasteiger charge is 2.21. The summed E-state index contributed by atoms with van der Waals surface area (Å²) in [4.78, 5) is 1.13. The molecule has 1 heterocycles. The van der Waals surface area contributed by atoms with Gasteiger partial charge in [-0.25, -0.2) is 0 Å². The van der Waals surface area contributed by atoms with E-state index in [1.165, 1.54) is 5.56 Å². The van der Waals surface area contributed by atoms with Crippen LogP contribution in [0.1, 0.15) is 30.4 Å². The number of aryl methyl sites for hydroxylation is 1. The third-order valence-electron chi connectivity index (χ3n) is 3.19. The van der Waals surface area contributed by atoms with Crippen LogP contribution in [0.15, 0.2) is 35.7 Å². The van der Waals surface area contributed by atoms with Crippen molar-refractivity contribution >= 4 is 11.3 Å². The maximum Gasteiger partial charge on any atom is 0.162 e. The number of hydrogen-bond acceptors (Lipinski definition) is 4. The second kappa shape index (κ2) is 6.77. The molecule has 108 valence electrons. The Morgan fingerprint density at radius 3 is 2.60 bits per heavy atom. The van der Waals surface area contributed by atoms with Crippen LogP contribution < -0.4 is 15.2 Å². The standard InChI is InChI=1S/C16H21NO2S/c1-4-12-7-8-13(14(10-12)18-3)19-16(11(2)17)15-6-5-9-20-15/h5-11,16H,4,17H2,1-3H3. The van der Waals surface area contributed by atoms with E-state index in [4.69, 9.17) is 15.2 Å². The van der Waals surface area contributed by atoms with Crippen molar-refractivity contribution in [2.45, 2.75) is 32.4 Å². The third-order valence-corrected chi connectivity index (χ3v) is 4.13. The summed E-state index contributed by atoms with van der Waals surface area (Å²) in [7, 11) is 1.66. The molecule has 20 heavy (non-hydrogen) atoms. The fourth-order valence-corrected chi connectivity index (χ4v) is 2.91. The normalized spacial score (nSPS) is 13.8. The van der Waals surface area contributed by atoms with E-state index in [-0.39, 0.29) is 12.1 Å². The maximum atomic E-state index is 6.10. The summed E-state index contributed by atoms with van der Waals surface area (Å²) in [5, 5.41) is 2.03. The van der Waals surface area contributed by atoms with Crippen molar-refractivity contribution in [2.75, 3.05) is 7.11 Å². The summed E-state index contributed by atoms with van der Waals surface area (Å²) in [6.07, 6.45) is 0.814. The van der Waals surface area contributed by atoms with Gasteiger partial charge in [0.1, 0.15) is 6.10 Å². The number of thiophene rings is 1. The number of rotatable bonds is 6. The molecule has 0 saturated carbocycles. The molecule has 2 rings (SSSR count). The Morgan fingerprint density at radius 1 is 1.25 bits per heavy atom. The van der Waals surface area contributed by atoms with E-state index in [1.807, 2.05) is 36.6 Å². The van der Waals surface area contributed by atoms with Crippen LogP contribution in [0.2, 0.25) is 0 Å². The molecule has 2 N–H and O–H groups in total. The lowest BCUT2D eigenvalue weighted by atomic mass is 10.1. The smallest absolute Gasteiger partial charge is 0.162 e. The highest BCUT2D eigenvalue weighted by Crippen LogP contribution is 2.34. The van der Waals surface area contributed by atoms with E-state index in [0.717, 1.165) is 22.8 Å². The molecule has 0 radical (unpaired) electrons. The molecular formula is C16H21NO2S. The first kappa shape index (κ1) is 14.9. The van der Waals surface area contributed by atoms with E-state index in [2.05, 4.69) is 13.0 Å². The van der Waals surface area contributed by atoms with Gasteiger partial charge < -0.3 is 15.2 Å². The number of benzene rings is 1. The lowest BCUT2D eigenvalue weighted by molar-refractivity contribution is 0.176. The van der Waals surface area contributed by atoms with Crippen LogP contribution in [0.5, 0.6) is 11.5 Å². The second-order valence-corrected chi connectivity index (χ2v) is 5.73. The average molecular weight is 291 g/mol. The van der Waals surface area contributed by atoms with Gasteiger partial charge in [0.05, 0.1) is 7.11 Å². The number of hydrogen-bond donors (Lipinski definition) is 1. The zero-order valence-electron chi connectivity index (χ0n) is 12.1. The van der Waals surface area contributed by atoms with Crippen molar-refractivity contribution in [3.8, 4) is 11.5 Å². The van der Waals surface area contributed by atoms with Crippen molar-refractivity contribution in [2.24, 2.45) is 5.73 Å². The third kappa shape index (κ3) is 3.32. The lowest BCUT2D eigenvalue weighted by Crippen LogP contribution is -2.28. The van der Waals surface area contributed by atoms with Crippen molar-refractivity contribution in [3.63, 3.8) is 0 Å². The van der Waals surface area contributed by atoms with Crippen molar-refractivity contribution in [3.05, 3.63) is 46.2 Å². The number of ether oxygens (including phenoxy) is 2. The summed E-state index contributed by atoms with van der Waals surface area (Å²) in [5.41, 5.74) is 7.29. The molecule has 0 spiro atoms. The predicted octanol–water partition coefficient (Wildman–Crippen LogP) is 3.79. The molecule has 0 amide bonds. The van der Waals surface area contributed by atoms with Gasteiger partial charge in [-0.05, 0) is 42.5 Å². The molecule has 1 aromatic heterocycles. The summed E-state index contributed by atoms with van der Waals surface area (Å²) in [5.74, 6) is 1.49. The molecular weight excluding hydrogens is 270 g/mol. The van der Waals surface area contributed by atoms with Gasteiger partial charge in [0.15, 0.2) is 11.5 Å². The van der Waals surface area contributed by atoms with Crippen LogP contribution in [-0.2, 0) is 6.42 Å². The topological polar surface area (TPSA) is 44.5 Å². The minimum absolute atomic E-state index is 0.0933. The second-order valence-electron chi connectivity index (χ2n) is 4.75. The van der Waals surface area contributed by atoms with Crippen LogP contribution in [0.25, 0.3) is 0 Å². The fourth-order valence-electron chi connectivity index (χ4n) is 2.04. The molecule has 2 unspecified atom stereocenters. The van der Waals surface area contributed by atoms with Crippen molar-refractivity contribution in [1.82, 2.24) is 0 Å². The molecule has 0 aliphatic heterocycles. The van der Waals surface area contributed by atoms with Crippen molar-refractivity contribution in [1.29, 1.82) is 0 Å². The van der Waals surface area contributed by atoms with Crippen LogP contribution in [-0.4, -0.2) is 13.2 Å². The minimum Gasteiger partial charge on any atom is -0.493 e. The predicted molar refractivity (Wildman–Crippen MR) is 83.7 cm³/mol. The minimum atomic E-state index is -0.156. The zero-order valence-corrected chi connectivity index (χ0v) is 12.9. The molecule has 1 aromatic carbocycles. The first-order chi connectivity index (χ1) is 9.65. The van der Waals surface area contributed by atoms with Crippen LogP contribution in [0.3, 0.4) is 0 Å².